The molecule has 0 fully saturated rings. The summed E-state index contributed by atoms with van der Waals surface area (Å²) in [5.74, 6) is 0.919. The lowest BCUT2D eigenvalue weighted by atomic mass is 9.79. The Balaban J connectivity index is 1.09. The van der Waals surface area contributed by atoms with Crippen molar-refractivity contribution >= 4 is 17.5 Å². The normalized spacial score (nSPS) is 22.8. The number of allylic oxidation sites excluding steroid dienone is 9. The van der Waals surface area contributed by atoms with E-state index >= 15 is 0 Å². The molecular formula is C50H39N3S. The van der Waals surface area contributed by atoms with Crippen LogP contribution in [0.15, 0.2) is 172 Å². The Labute approximate surface area is 321 Å². The van der Waals surface area contributed by atoms with Crippen LogP contribution in [0.3, 0.4) is 0 Å². The van der Waals surface area contributed by atoms with Crippen LogP contribution in [0, 0.1) is 5.92 Å². The van der Waals surface area contributed by atoms with Gasteiger partial charge in [-0.2, -0.15) is 0 Å². The molecule has 260 valence electrons. The summed E-state index contributed by atoms with van der Waals surface area (Å²) in [6.45, 7) is 0. The molecule has 2 bridgehead atoms. The van der Waals surface area contributed by atoms with E-state index < -0.39 is 0 Å². The fourth-order valence-corrected chi connectivity index (χ4v) is 10.4. The number of nitrogens with zero attached hydrogens (tertiary/aromatic N) is 3. The molecule has 3 aromatic carbocycles. The van der Waals surface area contributed by atoms with Gasteiger partial charge in [-0.1, -0.05) is 139 Å². The van der Waals surface area contributed by atoms with Crippen LogP contribution < -0.4 is 0 Å². The molecule has 4 heteroatoms. The van der Waals surface area contributed by atoms with Crippen LogP contribution in [0.5, 0.6) is 0 Å². The summed E-state index contributed by atoms with van der Waals surface area (Å²) in [4.78, 5) is 19.0. The first kappa shape index (κ1) is 31.9. The highest BCUT2D eigenvalue weighted by Crippen LogP contribution is 2.51. The Bertz CT molecular complexity index is 2580. The lowest BCUT2D eigenvalue weighted by Gasteiger charge is -2.32. The van der Waals surface area contributed by atoms with Crippen molar-refractivity contribution in [3.63, 3.8) is 0 Å². The van der Waals surface area contributed by atoms with E-state index in [4.69, 9.17) is 15.0 Å². The van der Waals surface area contributed by atoms with Gasteiger partial charge in [-0.15, -0.1) is 0 Å². The second-order valence-electron chi connectivity index (χ2n) is 15.2. The van der Waals surface area contributed by atoms with E-state index in [2.05, 4.69) is 152 Å². The van der Waals surface area contributed by atoms with E-state index in [9.17, 15) is 0 Å². The van der Waals surface area contributed by atoms with Gasteiger partial charge in [0, 0.05) is 49.8 Å². The SMILES string of the molecule is C1=CC2N=C(c3cc(-c4ccc5c(n4)-c4nc(-c6ccccc6)ccc4CC5)cc4c3SC3=CC4CC(C4=CCCC=C4)C=C3)c3ccccc3C2C=C1. The first-order chi connectivity index (χ1) is 26.7. The van der Waals surface area contributed by atoms with Gasteiger partial charge in [0.15, 0.2) is 0 Å². The molecule has 2 aromatic heterocycles. The summed E-state index contributed by atoms with van der Waals surface area (Å²) >= 11 is 1.91. The van der Waals surface area contributed by atoms with Crippen molar-refractivity contribution in [1.82, 2.24) is 9.97 Å². The van der Waals surface area contributed by atoms with E-state index in [-0.39, 0.29) is 17.9 Å². The van der Waals surface area contributed by atoms with Crippen molar-refractivity contribution in [2.45, 2.75) is 54.9 Å². The summed E-state index contributed by atoms with van der Waals surface area (Å²) in [5, 5.41) is 0. The number of pyridine rings is 2. The minimum absolute atomic E-state index is 0.0758. The van der Waals surface area contributed by atoms with Gasteiger partial charge >= 0.3 is 0 Å². The van der Waals surface area contributed by atoms with Gasteiger partial charge in [0.1, 0.15) is 0 Å². The van der Waals surface area contributed by atoms with E-state index in [1.54, 1.807) is 0 Å². The fourth-order valence-electron chi connectivity index (χ4n) is 9.24. The number of benzene rings is 3. The average molecular weight is 714 g/mol. The maximum absolute atomic E-state index is 5.58. The summed E-state index contributed by atoms with van der Waals surface area (Å²) in [6.07, 6.45) is 28.7. The van der Waals surface area contributed by atoms with Crippen molar-refractivity contribution in [2.75, 3.05) is 0 Å². The Morgan fingerprint density at radius 3 is 2.22 bits per heavy atom. The zero-order valence-electron chi connectivity index (χ0n) is 30.0. The molecule has 4 atom stereocenters. The lowest BCUT2D eigenvalue weighted by Crippen LogP contribution is -2.26. The van der Waals surface area contributed by atoms with Gasteiger partial charge in [-0.05, 0) is 84.2 Å². The Morgan fingerprint density at radius 2 is 1.41 bits per heavy atom. The minimum Gasteiger partial charge on any atom is -0.276 e. The maximum Gasteiger partial charge on any atom is 0.0928 e. The highest BCUT2D eigenvalue weighted by atomic mass is 32.2. The predicted octanol–water partition coefficient (Wildman–Crippen LogP) is 11.9. The molecule has 0 saturated heterocycles. The van der Waals surface area contributed by atoms with Crippen molar-refractivity contribution in [3.8, 4) is 33.9 Å². The van der Waals surface area contributed by atoms with E-state index in [0.717, 1.165) is 71.7 Å². The van der Waals surface area contributed by atoms with Crippen LogP contribution in [-0.4, -0.2) is 21.7 Å². The molecule has 6 aliphatic rings. The van der Waals surface area contributed by atoms with Crippen LogP contribution >= 0.6 is 11.8 Å². The lowest BCUT2D eigenvalue weighted by molar-refractivity contribution is 0.624. The van der Waals surface area contributed by atoms with Gasteiger partial charge in [-0.25, -0.2) is 9.97 Å². The molecule has 3 nitrogen and oxygen atoms in total. The number of fused-ring (bicyclic) bond motifs is 9. The molecular weight excluding hydrogens is 675 g/mol. The monoisotopic (exact) mass is 713 g/mol. The molecule has 4 unspecified atom stereocenters. The Hall–Kier alpha value is -5.58. The maximum atomic E-state index is 5.58. The average Bonchev–Trinajstić information content (AvgIpc) is 3.42. The Morgan fingerprint density at radius 1 is 0.630 bits per heavy atom. The summed E-state index contributed by atoms with van der Waals surface area (Å²) in [5.41, 5.74) is 16.5. The zero-order chi connectivity index (χ0) is 35.6. The van der Waals surface area contributed by atoms with Crippen LogP contribution in [0.25, 0.3) is 33.9 Å². The highest BCUT2D eigenvalue weighted by Gasteiger charge is 2.34. The third kappa shape index (κ3) is 5.46. The van der Waals surface area contributed by atoms with Gasteiger partial charge < -0.3 is 0 Å². The quantitative estimate of drug-likeness (QED) is 0.186. The highest BCUT2D eigenvalue weighted by molar-refractivity contribution is 8.03. The molecule has 5 aromatic rings. The Kier molecular flexibility index (Phi) is 7.72. The van der Waals surface area contributed by atoms with Crippen LogP contribution in [0.4, 0.5) is 0 Å². The largest absolute Gasteiger partial charge is 0.276 e. The topological polar surface area (TPSA) is 38.1 Å². The van der Waals surface area contributed by atoms with Crippen molar-refractivity contribution in [3.05, 3.63) is 196 Å². The third-order valence-electron chi connectivity index (χ3n) is 12.0. The van der Waals surface area contributed by atoms with Crippen molar-refractivity contribution in [2.24, 2.45) is 10.9 Å². The third-order valence-corrected chi connectivity index (χ3v) is 13.1. The van der Waals surface area contributed by atoms with Crippen molar-refractivity contribution in [1.29, 1.82) is 0 Å². The molecule has 2 aliphatic heterocycles. The van der Waals surface area contributed by atoms with Crippen LogP contribution in [0.2, 0.25) is 0 Å². The predicted molar refractivity (Wildman–Crippen MR) is 223 cm³/mol. The van der Waals surface area contributed by atoms with Crippen LogP contribution in [0.1, 0.15) is 64.5 Å². The molecule has 0 spiro atoms. The first-order valence-electron chi connectivity index (χ1n) is 19.4. The van der Waals surface area contributed by atoms with Crippen LogP contribution in [-0.2, 0) is 12.8 Å². The molecule has 0 radical (unpaired) electrons. The van der Waals surface area contributed by atoms with Gasteiger partial charge in [0.05, 0.1) is 34.5 Å². The molecule has 0 amide bonds. The number of hydrogen-bond donors (Lipinski definition) is 0. The molecule has 4 aliphatic carbocycles. The van der Waals surface area contributed by atoms with E-state index in [0.29, 0.717) is 5.92 Å². The summed E-state index contributed by atoms with van der Waals surface area (Å²) in [7, 11) is 0. The molecule has 54 heavy (non-hydrogen) atoms. The minimum atomic E-state index is 0.0758. The zero-order valence-corrected chi connectivity index (χ0v) is 30.8. The number of rotatable bonds is 4. The number of aliphatic imine (C=N–C) groups is 1. The molecule has 4 heterocycles. The first-order valence-corrected chi connectivity index (χ1v) is 20.3. The van der Waals surface area contributed by atoms with Gasteiger partial charge in [0.2, 0.25) is 0 Å². The molecule has 0 saturated carbocycles. The number of aryl methyl sites for hydroxylation is 2. The van der Waals surface area contributed by atoms with E-state index in [1.165, 1.54) is 48.8 Å². The smallest absolute Gasteiger partial charge is 0.0928 e. The van der Waals surface area contributed by atoms with E-state index in [1.807, 2.05) is 11.8 Å². The second-order valence-corrected chi connectivity index (χ2v) is 16.3. The fraction of sp³-hybridized carbons (Fsp3) is 0.180. The second kappa shape index (κ2) is 13.1. The number of aromatic nitrogens is 2. The number of thioether (sulfide) groups is 1. The van der Waals surface area contributed by atoms with Gasteiger partial charge in [0.25, 0.3) is 0 Å². The number of hydrogen-bond acceptors (Lipinski definition) is 4. The summed E-state index contributed by atoms with van der Waals surface area (Å²) < 4.78 is 0. The standard InChI is InChI=1S/C50H39N3S/c1-3-11-31(12-4-1)35-21-24-38-28-36(27-35)42-29-37(30-43(50(42)54-38)49-41-17-8-7-15-39(41)40-16-9-10-18-46(40)53-49)45-26-23-34-20-19-33-22-25-44(32-13-5-2-6-14-32)51-47(33)48(34)52-45/h2-3,5-18,21-26,28-30,35-36,40,46H,1,4,19-20,27H2. The van der Waals surface area contributed by atoms with Crippen molar-refractivity contribution < 1.29 is 0 Å². The molecule has 11 rings (SSSR count). The summed E-state index contributed by atoms with van der Waals surface area (Å²) in [6, 6.07) is 33.3. The van der Waals surface area contributed by atoms with Gasteiger partial charge in [-0.3, -0.25) is 4.99 Å². The molecule has 0 N–H and O–H groups in total.